The minimum atomic E-state index is -0.113. The van der Waals surface area contributed by atoms with Gasteiger partial charge in [-0.2, -0.15) is 0 Å². The molecule has 0 aromatic heterocycles. The first-order chi connectivity index (χ1) is 17.6. The summed E-state index contributed by atoms with van der Waals surface area (Å²) in [5, 5.41) is 0. The number of hydrogen-bond donors (Lipinski definition) is 0. The summed E-state index contributed by atoms with van der Waals surface area (Å²) in [7, 11) is 0. The normalized spacial score (nSPS) is 29.2. The van der Waals surface area contributed by atoms with Crippen LogP contribution < -0.4 is 0 Å². The first-order valence-electron chi connectivity index (χ1n) is 13.1. The Morgan fingerprint density at radius 2 is 1.81 bits per heavy atom. The number of hydrogen-bond acceptors (Lipinski definition) is 3. The highest BCUT2D eigenvalue weighted by molar-refractivity contribution is 7.98. The van der Waals surface area contributed by atoms with Gasteiger partial charge in [0.2, 0.25) is 0 Å². The standard InChI is InChI=1S/C33H32O2S/c1-33-21-35-32(23-9-15-27(36-2)16-10-23)31-28-18-14-26(34)20-24(28)11-17-29(31)30(33)19-13-25(33)12-8-22-6-4-3-5-7-22/h3-7,9-10,13,15-16,20,29-30,32H,11,14,17-19,21H2,1-2H3. The van der Waals surface area contributed by atoms with Crippen LogP contribution in [0.2, 0.25) is 0 Å². The molecule has 0 bridgehead atoms. The second-order valence-electron chi connectivity index (χ2n) is 10.7. The lowest BCUT2D eigenvalue weighted by molar-refractivity contribution is -0.114. The molecule has 4 aliphatic rings. The average Bonchev–Trinajstić information content (AvgIpc) is 3.17. The van der Waals surface area contributed by atoms with Crippen molar-refractivity contribution in [3.05, 3.63) is 100 Å². The van der Waals surface area contributed by atoms with Crippen molar-refractivity contribution >= 4 is 17.5 Å². The molecule has 2 aromatic rings. The molecule has 36 heavy (non-hydrogen) atoms. The van der Waals surface area contributed by atoms with E-state index in [9.17, 15) is 4.79 Å². The van der Waals surface area contributed by atoms with Crippen molar-refractivity contribution in [3.8, 4) is 11.8 Å². The van der Waals surface area contributed by atoms with E-state index in [0.29, 0.717) is 24.9 Å². The first-order valence-corrected chi connectivity index (χ1v) is 14.3. The maximum absolute atomic E-state index is 12.3. The second-order valence-corrected chi connectivity index (χ2v) is 11.6. The number of rotatable bonds is 2. The molecule has 1 fully saturated rings. The number of ether oxygens (including phenoxy) is 1. The van der Waals surface area contributed by atoms with E-state index in [2.05, 4.69) is 67.5 Å². The quantitative estimate of drug-likeness (QED) is 0.321. The third kappa shape index (κ3) is 4.11. The van der Waals surface area contributed by atoms with Crippen LogP contribution in [0.25, 0.3) is 0 Å². The maximum atomic E-state index is 12.3. The second kappa shape index (κ2) is 9.58. The highest BCUT2D eigenvalue weighted by Crippen LogP contribution is 2.58. The molecule has 1 saturated heterocycles. The van der Waals surface area contributed by atoms with Crippen LogP contribution in [0.15, 0.2) is 93.9 Å². The van der Waals surface area contributed by atoms with Crippen molar-refractivity contribution in [1.29, 1.82) is 0 Å². The van der Waals surface area contributed by atoms with Gasteiger partial charge in [-0.05, 0) is 96.4 Å². The Hall–Kier alpha value is -2.80. The summed E-state index contributed by atoms with van der Waals surface area (Å²) < 4.78 is 6.92. The molecule has 1 heterocycles. The Balaban J connectivity index is 1.43. The van der Waals surface area contributed by atoms with Crippen molar-refractivity contribution in [1.82, 2.24) is 0 Å². The fourth-order valence-corrected chi connectivity index (χ4v) is 7.17. The van der Waals surface area contributed by atoms with E-state index in [1.165, 1.54) is 32.8 Å². The highest BCUT2D eigenvalue weighted by atomic mass is 32.2. The molecule has 6 rings (SSSR count). The van der Waals surface area contributed by atoms with E-state index in [0.717, 1.165) is 31.2 Å². The summed E-state index contributed by atoms with van der Waals surface area (Å²) in [5.74, 6) is 8.14. The maximum Gasteiger partial charge on any atom is 0.156 e. The van der Waals surface area contributed by atoms with Gasteiger partial charge in [0.05, 0.1) is 6.61 Å². The molecule has 0 N–H and O–H groups in total. The summed E-state index contributed by atoms with van der Waals surface area (Å²) in [4.78, 5) is 13.5. The molecule has 0 spiro atoms. The Labute approximate surface area is 218 Å². The fourth-order valence-electron chi connectivity index (χ4n) is 6.76. The topological polar surface area (TPSA) is 26.3 Å². The van der Waals surface area contributed by atoms with Crippen molar-refractivity contribution in [3.63, 3.8) is 0 Å². The lowest BCUT2D eigenvalue weighted by atomic mass is 9.62. The minimum Gasteiger partial charge on any atom is -0.368 e. The zero-order valence-electron chi connectivity index (χ0n) is 21.1. The van der Waals surface area contributed by atoms with Crippen LogP contribution in [0.5, 0.6) is 0 Å². The molecule has 0 saturated carbocycles. The minimum absolute atomic E-state index is 0.0661. The number of benzene rings is 2. The van der Waals surface area contributed by atoms with E-state index >= 15 is 0 Å². The number of thioether (sulfide) groups is 1. The molecule has 2 aromatic carbocycles. The zero-order chi connectivity index (χ0) is 24.7. The number of fused-ring (bicyclic) bond motifs is 4. The molecule has 2 nitrogen and oxygen atoms in total. The van der Waals surface area contributed by atoms with E-state index in [1.54, 1.807) is 11.8 Å². The van der Waals surface area contributed by atoms with Crippen molar-refractivity contribution in [2.75, 3.05) is 12.9 Å². The first kappa shape index (κ1) is 23.6. The third-order valence-electron chi connectivity index (χ3n) is 8.68. The Morgan fingerprint density at radius 3 is 2.58 bits per heavy atom. The predicted octanol–water partition coefficient (Wildman–Crippen LogP) is 7.48. The predicted molar refractivity (Wildman–Crippen MR) is 147 cm³/mol. The molecule has 0 amide bonds. The van der Waals surface area contributed by atoms with Gasteiger partial charge in [0.25, 0.3) is 0 Å². The molecular weight excluding hydrogens is 460 g/mol. The third-order valence-corrected chi connectivity index (χ3v) is 9.42. The molecule has 3 heteroatoms. The Kier molecular flexibility index (Phi) is 6.28. The van der Waals surface area contributed by atoms with Gasteiger partial charge in [-0.3, -0.25) is 4.79 Å². The van der Waals surface area contributed by atoms with Gasteiger partial charge in [-0.25, -0.2) is 0 Å². The number of ketones is 1. The van der Waals surface area contributed by atoms with Gasteiger partial charge in [0.15, 0.2) is 5.78 Å². The number of allylic oxidation sites excluding steroid dienone is 4. The van der Waals surface area contributed by atoms with Gasteiger partial charge in [-0.15, -0.1) is 11.8 Å². The average molecular weight is 493 g/mol. The van der Waals surface area contributed by atoms with E-state index in [4.69, 9.17) is 4.74 Å². The van der Waals surface area contributed by atoms with Crippen LogP contribution in [-0.2, 0) is 9.53 Å². The van der Waals surface area contributed by atoms with E-state index in [-0.39, 0.29) is 17.3 Å². The highest BCUT2D eigenvalue weighted by Gasteiger charge is 2.51. The molecule has 4 atom stereocenters. The molecular formula is C33H32O2S. The molecule has 1 aliphatic heterocycles. The zero-order valence-corrected chi connectivity index (χ0v) is 21.9. The Morgan fingerprint density at radius 1 is 1.00 bits per heavy atom. The Bertz CT molecular complexity index is 1340. The summed E-state index contributed by atoms with van der Waals surface area (Å²) >= 11 is 1.76. The number of carbonyl (C=O) groups excluding carboxylic acids is 1. The van der Waals surface area contributed by atoms with Gasteiger partial charge < -0.3 is 4.74 Å². The van der Waals surface area contributed by atoms with Crippen molar-refractivity contribution in [2.24, 2.45) is 17.3 Å². The van der Waals surface area contributed by atoms with Gasteiger partial charge in [0.1, 0.15) is 6.10 Å². The summed E-state index contributed by atoms with van der Waals surface area (Å²) in [5.41, 5.74) is 7.48. The van der Waals surface area contributed by atoms with Crippen LogP contribution in [0, 0.1) is 29.1 Å². The van der Waals surface area contributed by atoms with Crippen molar-refractivity contribution in [2.45, 2.75) is 50.0 Å². The number of carbonyl (C=O) groups is 1. The molecule has 4 unspecified atom stereocenters. The lowest BCUT2D eigenvalue weighted by Gasteiger charge is -2.40. The molecule has 3 aliphatic carbocycles. The monoisotopic (exact) mass is 492 g/mol. The van der Waals surface area contributed by atoms with Crippen LogP contribution in [0.3, 0.4) is 0 Å². The van der Waals surface area contributed by atoms with Crippen molar-refractivity contribution < 1.29 is 9.53 Å². The summed E-state index contributed by atoms with van der Waals surface area (Å²) in [6.07, 6.45) is 10.9. The summed E-state index contributed by atoms with van der Waals surface area (Å²) in [6, 6.07) is 19.1. The van der Waals surface area contributed by atoms with Crippen LogP contribution in [0.1, 0.15) is 56.3 Å². The van der Waals surface area contributed by atoms with Gasteiger partial charge >= 0.3 is 0 Å². The van der Waals surface area contributed by atoms with Crippen LogP contribution in [0.4, 0.5) is 0 Å². The van der Waals surface area contributed by atoms with E-state index in [1.807, 2.05) is 24.3 Å². The smallest absolute Gasteiger partial charge is 0.156 e. The van der Waals surface area contributed by atoms with Gasteiger partial charge in [0, 0.05) is 27.9 Å². The largest absolute Gasteiger partial charge is 0.368 e. The van der Waals surface area contributed by atoms with E-state index < -0.39 is 0 Å². The van der Waals surface area contributed by atoms with Crippen LogP contribution in [-0.4, -0.2) is 18.6 Å². The molecule has 0 radical (unpaired) electrons. The SMILES string of the molecule is CSc1ccc(C2OCC3(C)C(C#Cc4ccccc4)=CCC3C3CCC4=CC(=O)CCC4=C23)cc1. The van der Waals surface area contributed by atoms with Gasteiger partial charge in [-0.1, -0.05) is 55.2 Å². The fraction of sp³-hybridized carbons (Fsp3) is 0.364. The summed E-state index contributed by atoms with van der Waals surface area (Å²) in [6.45, 7) is 3.03. The molecule has 182 valence electrons. The lowest BCUT2D eigenvalue weighted by Crippen LogP contribution is -2.34. The van der Waals surface area contributed by atoms with Crippen LogP contribution >= 0.6 is 11.8 Å².